The minimum Gasteiger partial charge on any atom is -0.385 e. The molecule has 1 unspecified atom stereocenters. The fraction of sp³-hybridized carbons (Fsp3) is 0.583. The minimum atomic E-state index is -0.435. The molecule has 17 heavy (non-hydrogen) atoms. The second kappa shape index (κ2) is 7.86. The number of ether oxygens (including phenoxy) is 1. The molecule has 3 N–H and O–H groups in total. The molecular formula is C12H21N3O2. The monoisotopic (exact) mass is 239 g/mol. The van der Waals surface area contributed by atoms with Crippen LogP contribution in [0, 0.1) is 0 Å². The predicted molar refractivity (Wildman–Crippen MR) is 66.5 cm³/mol. The van der Waals surface area contributed by atoms with Crippen molar-refractivity contribution in [3.63, 3.8) is 0 Å². The molecule has 1 rings (SSSR count). The van der Waals surface area contributed by atoms with E-state index in [-0.39, 0.29) is 5.91 Å². The van der Waals surface area contributed by atoms with Crippen molar-refractivity contribution < 1.29 is 9.53 Å². The number of hydrogen-bond acceptors (Lipinski definition) is 3. The van der Waals surface area contributed by atoms with Crippen molar-refractivity contribution in [1.82, 2.24) is 9.88 Å². The van der Waals surface area contributed by atoms with Crippen LogP contribution in [0.15, 0.2) is 24.5 Å². The number of amides is 1. The number of rotatable bonds is 8. The van der Waals surface area contributed by atoms with Gasteiger partial charge in [-0.2, -0.15) is 0 Å². The van der Waals surface area contributed by atoms with Crippen LogP contribution in [0.25, 0.3) is 0 Å². The van der Waals surface area contributed by atoms with E-state index in [2.05, 4.69) is 5.32 Å². The average molecular weight is 239 g/mol. The van der Waals surface area contributed by atoms with Gasteiger partial charge in [0.15, 0.2) is 0 Å². The molecule has 0 spiro atoms. The Morgan fingerprint density at radius 1 is 1.47 bits per heavy atom. The molecule has 0 aliphatic heterocycles. The molecule has 1 atom stereocenters. The normalized spacial score (nSPS) is 12.4. The van der Waals surface area contributed by atoms with E-state index in [4.69, 9.17) is 10.5 Å². The van der Waals surface area contributed by atoms with Crippen molar-refractivity contribution in [2.45, 2.75) is 25.4 Å². The van der Waals surface area contributed by atoms with Crippen molar-refractivity contribution in [3.8, 4) is 0 Å². The van der Waals surface area contributed by atoms with Gasteiger partial charge in [0, 0.05) is 39.2 Å². The fourth-order valence-electron chi connectivity index (χ4n) is 1.54. The van der Waals surface area contributed by atoms with Gasteiger partial charge in [0.25, 0.3) is 0 Å². The molecule has 0 fully saturated rings. The molecule has 96 valence electrons. The van der Waals surface area contributed by atoms with Gasteiger partial charge in [-0.25, -0.2) is 0 Å². The number of carbonyl (C=O) groups excluding carboxylic acids is 1. The van der Waals surface area contributed by atoms with Crippen molar-refractivity contribution in [3.05, 3.63) is 24.5 Å². The minimum absolute atomic E-state index is 0.0896. The Hall–Kier alpha value is -1.33. The van der Waals surface area contributed by atoms with Gasteiger partial charge in [-0.15, -0.1) is 0 Å². The van der Waals surface area contributed by atoms with Crippen LogP contribution in [0.3, 0.4) is 0 Å². The zero-order valence-corrected chi connectivity index (χ0v) is 10.3. The largest absolute Gasteiger partial charge is 0.385 e. The van der Waals surface area contributed by atoms with Gasteiger partial charge < -0.3 is 20.4 Å². The first-order valence-corrected chi connectivity index (χ1v) is 5.87. The summed E-state index contributed by atoms with van der Waals surface area (Å²) in [5.41, 5.74) is 5.74. The first-order valence-electron chi connectivity index (χ1n) is 5.87. The van der Waals surface area contributed by atoms with Gasteiger partial charge in [-0.1, -0.05) is 0 Å². The molecule has 5 nitrogen and oxygen atoms in total. The summed E-state index contributed by atoms with van der Waals surface area (Å²) in [7, 11) is 1.64. The van der Waals surface area contributed by atoms with Gasteiger partial charge in [0.05, 0.1) is 6.04 Å². The van der Waals surface area contributed by atoms with Gasteiger partial charge in [-0.05, 0) is 25.0 Å². The van der Waals surface area contributed by atoms with Crippen molar-refractivity contribution in [1.29, 1.82) is 0 Å². The Balaban J connectivity index is 2.11. The summed E-state index contributed by atoms with van der Waals surface area (Å²) in [5.74, 6) is -0.0896. The molecule has 0 bridgehead atoms. The molecule has 1 aromatic rings. The Morgan fingerprint density at radius 3 is 2.82 bits per heavy atom. The highest BCUT2D eigenvalue weighted by Gasteiger charge is 2.11. The van der Waals surface area contributed by atoms with E-state index in [1.54, 1.807) is 7.11 Å². The molecule has 1 heterocycles. The number of carbonyl (C=O) groups is 1. The van der Waals surface area contributed by atoms with E-state index in [1.807, 2.05) is 29.1 Å². The smallest absolute Gasteiger partial charge is 0.236 e. The van der Waals surface area contributed by atoms with Gasteiger partial charge in [0.2, 0.25) is 5.91 Å². The second-order valence-corrected chi connectivity index (χ2v) is 3.95. The van der Waals surface area contributed by atoms with E-state index in [0.717, 1.165) is 13.0 Å². The van der Waals surface area contributed by atoms with E-state index >= 15 is 0 Å². The first-order chi connectivity index (χ1) is 8.24. The SMILES string of the molecule is COCCCC(N)C(=O)NCCn1cccc1. The summed E-state index contributed by atoms with van der Waals surface area (Å²) in [6, 6.07) is 3.48. The van der Waals surface area contributed by atoms with Crippen LogP contribution < -0.4 is 11.1 Å². The van der Waals surface area contributed by atoms with E-state index in [9.17, 15) is 4.79 Å². The molecule has 0 saturated carbocycles. The van der Waals surface area contributed by atoms with E-state index < -0.39 is 6.04 Å². The third-order valence-electron chi connectivity index (χ3n) is 2.54. The zero-order chi connectivity index (χ0) is 12.5. The van der Waals surface area contributed by atoms with Gasteiger partial charge >= 0.3 is 0 Å². The summed E-state index contributed by atoms with van der Waals surface area (Å²) in [6.45, 7) is 2.01. The molecular weight excluding hydrogens is 218 g/mol. The van der Waals surface area contributed by atoms with Crippen LogP contribution in [-0.4, -0.2) is 36.8 Å². The molecule has 1 aromatic heterocycles. The Kier molecular flexibility index (Phi) is 6.35. The third-order valence-corrected chi connectivity index (χ3v) is 2.54. The van der Waals surface area contributed by atoms with Crippen LogP contribution in [0.5, 0.6) is 0 Å². The van der Waals surface area contributed by atoms with Crippen molar-refractivity contribution >= 4 is 5.91 Å². The van der Waals surface area contributed by atoms with Crippen molar-refractivity contribution in [2.24, 2.45) is 5.73 Å². The van der Waals surface area contributed by atoms with Crippen LogP contribution in [0.4, 0.5) is 0 Å². The number of nitrogens with one attached hydrogen (secondary N) is 1. The quantitative estimate of drug-likeness (QED) is 0.643. The lowest BCUT2D eigenvalue weighted by Crippen LogP contribution is -2.41. The van der Waals surface area contributed by atoms with Crippen LogP contribution in [-0.2, 0) is 16.1 Å². The molecule has 0 aromatic carbocycles. The molecule has 5 heteroatoms. The highest BCUT2D eigenvalue weighted by molar-refractivity contribution is 5.81. The summed E-state index contributed by atoms with van der Waals surface area (Å²) < 4.78 is 6.92. The molecule has 1 amide bonds. The fourth-order valence-corrected chi connectivity index (χ4v) is 1.54. The van der Waals surface area contributed by atoms with E-state index in [1.165, 1.54) is 0 Å². The summed E-state index contributed by atoms with van der Waals surface area (Å²) >= 11 is 0. The summed E-state index contributed by atoms with van der Waals surface area (Å²) in [4.78, 5) is 11.6. The van der Waals surface area contributed by atoms with Crippen LogP contribution in [0.2, 0.25) is 0 Å². The predicted octanol–water partition coefficient (Wildman–Crippen LogP) is 0.358. The highest BCUT2D eigenvalue weighted by atomic mass is 16.5. The molecule has 0 saturated heterocycles. The first kappa shape index (κ1) is 13.7. The lowest BCUT2D eigenvalue weighted by molar-refractivity contribution is -0.122. The lowest BCUT2D eigenvalue weighted by atomic mass is 10.1. The third kappa shape index (κ3) is 5.51. The number of aromatic nitrogens is 1. The van der Waals surface area contributed by atoms with Gasteiger partial charge in [0.1, 0.15) is 0 Å². The Bertz CT molecular complexity index is 312. The Labute approximate surface area is 102 Å². The maximum absolute atomic E-state index is 11.6. The number of nitrogens with two attached hydrogens (primary N) is 1. The topological polar surface area (TPSA) is 69.3 Å². The standard InChI is InChI=1S/C12H21N3O2/c1-17-10-4-5-11(13)12(16)14-6-9-15-7-2-3-8-15/h2-3,7-8,11H,4-6,9-10,13H2,1H3,(H,14,16). The maximum atomic E-state index is 11.6. The van der Waals surface area contributed by atoms with Crippen LogP contribution >= 0.6 is 0 Å². The second-order valence-electron chi connectivity index (χ2n) is 3.95. The molecule has 0 aliphatic rings. The lowest BCUT2D eigenvalue weighted by Gasteiger charge is -2.12. The van der Waals surface area contributed by atoms with Gasteiger partial charge in [-0.3, -0.25) is 4.79 Å². The summed E-state index contributed by atoms with van der Waals surface area (Å²) in [5, 5.41) is 2.82. The van der Waals surface area contributed by atoms with E-state index in [0.29, 0.717) is 19.6 Å². The van der Waals surface area contributed by atoms with Crippen molar-refractivity contribution in [2.75, 3.05) is 20.3 Å². The number of methoxy groups -OCH3 is 1. The van der Waals surface area contributed by atoms with Crippen LogP contribution in [0.1, 0.15) is 12.8 Å². The molecule has 0 radical (unpaired) electrons. The Morgan fingerprint density at radius 2 is 2.18 bits per heavy atom. The number of nitrogens with zero attached hydrogens (tertiary/aromatic N) is 1. The highest BCUT2D eigenvalue weighted by Crippen LogP contribution is 1.95. The number of hydrogen-bond donors (Lipinski definition) is 2. The summed E-state index contributed by atoms with van der Waals surface area (Å²) in [6.07, 6.45) is 5.39. The molecule has 0 aliphatic carbocycles. The zero-order valence-electron chi connectivity index (χ0n) is 10.3. The maximum Gasteiger partial charge on any atom is 0.236 e. The average Bonchev–Trinajstić information content (AvgIpc) is 2.82.